The Morgan fingerprint density at radius 2 is 1.95 bits per heavy atom. The summed E-state index contributed by atoms with van der Waals surface area (Å²) < 4.78 is 1.88. The first-order chi connectivity index (χ1) is 10.6. The highest BCUT2D eigenvalue weighted by Crippen LogP contribution is 2.25. The summed E-state index contributed by atoms with van der Waals surface area (Å²) in [4.78, 5) is 14.8. The van der Waals surface area contributed by atoms with E-state index in [2.05, 4.69) is 4.98 Å². The molecule has 0 unspecified atom stereocenters. The van der Waals surface area contributed by atoms with Gasteiger partial charge in [0.25, 0.3) is 5.69 Å². The van der Waals surface area contributed by atoms with Gasteiger partial charge in [-0.15, -0.1) is 0 Å². The molecule has 2 aromatic carbocycles. The molecule has 0 saturated carbocycles. The Morgan fingerprint density at radius 3 is 2.59 bits per heavy atom. The van der Waals surface area contributed by atoms with E-state index in [0.29, 0.717) is 6.42 Å². The Morgan fingerprint density at radius 1 is 1.18 bits per heavy atom. The molecule has 0 atom stereocenters. The molecule has 0 fully saturated rings. The Balaban J connectivity index is 2.09. The van der Waals surface area contributed by atoms with E-state index in [4.69, 9.17) is 0 Å². The first-order valence-electron chi connectivity index (χ1n) is 6.96. The number of hydrogen-bond donors (Lipinski definition) is 0. The predicted octanol–water partition coefficient (Wildman–Crippen LogP) is 3.68. The van der Waals surface area contributed by atoms with E-state index >= 15 is 0 Å². The third-order valence-electron chi connectivity index (χ3n) is 3.60. The van der Waals surface area contributed by atoms with Gasteiger partial charge in [-0.2, -0.15) is 0 Å². The summed E-state index contributed by atoms with van der Waals surface area (Å²) in [6.07, 6.45) is 4.14. The van der Waals surface area contributed by atoms with Gasteiger partial charge >= 0.3 is 0 Å². The molecular weight excluding hydrogens is 278 g/mol. The van der Waals surface area contributed by atoms with Crippen molar-refractivity contribution in [3.05, 3.63) is 88.0 Å². The van der Waals surface area contributed by atoms with Crippen molar-refractivity contribution in [3.63, 3.8) is 0 Å². The van der Waals surface area contributed by atoms with Crippen LogP contribution in [0.1, 0.15) is 16.8 Å². The second kappa shape index (κ2) is 5.81. The van der Waals surface area contributed by atoms with Crippen molar-refractivity contribution in [1.82, 2.24) is 9.55 Å². The number of rotatable bonds is 4. The van der Waals surface area contributed by atoms with Gasteiger partial charge in [-0.1, -0.05) is 30.3 Å². The first-order valence-corrected chi connectivity index (χ1v) is 6.96. The second-order valence-electron chi connectivity index (χ2n) is 5.14. The van der Waals surface area contributed by atoms with E-state index in [-0.39, 0.29) is 10.6 Å². The van der Waals surface area contributed by atoms with Gasteiger partial charge in [0.05, 0.1) is 16.9 Å². The molecule has 1 aromatic heterocycles. The Labute approximate surface area is 128 Å². The molecule has 3 rings (SSSR count). The molecule has 22 heavy (non-hydrogen) atoms. The molecule has 0 saturated heterocycles. The summed E-state index contributed by atoms with van der Waals surface area (Å²) in [6, 6.07) is 15.0. The molecule has 0 aliphatic rings. The zero-order chi connectivity index (χ0) is 15.5. The van der Waals surface area contributed by atoms with E-state index in [0.717, 1.165) is 22.5 Å². The van der Waals surface area contributed by atoms with Crippen LogP contribution >= 0.6 is 0 Å². The monoisotopic (exact) mass is 293 g/mol. The molecule has 5 nitrogen and oxygen atoms in total. The molecule has 0 bridgehead atoms. The van der Waals surface area contributed by atoms with Crippen LogP contribution in [0, 0.1) is 17.0 Å². The highest BCUT2D eigenvalue weighted by Gasteiger charge is 2.13. The Hall–Kier alpha value is -2.95. The molecule has 0 amide bonds. The van der Waals surface area contributed by atoms with Gasteiger partial charge in [-0.05, 0) is 30.5 Å². The van der Waals surface area contributed by atoms with Crippen molar-refractivity contribution in [3.8, 4) is 5.69 Å². The number of non-ortho nitro benzene ring substituents is 1. The van der Waals surface area contributed by atoms with Crippen LogP contribution in [0.25, 0.3) is 5.69 Å². The van der Waals surface area contributed by atoms with Crippen molar-refractivity contribution < 1.29 is 4.92 Å². The summed E-state index contributed by atoms with van der Waals surface area (Å²) in [6.45, 7) is 1.93. The molecule has 0 radical (unpaired) electrons. The molecule has 0 spiro atoms. The zero-order valence-corrected chi connectivity index (χ0v) is 12.1. The number of benzene rings is 2. The van der Waals surface area contributed by atoms with Gasteiger partial charge in [0, 0.05) is 24.0 Å². The fourth-order valence-electron chi connectivity index (χ4n) is 2.47. The molecule has 0 N–H and O–H groups in total. The van der Waals surface area contributed by atoms with Gasteiger partial charge in [-0.3, -0.25) is 10.1 Å². The van der Waals surface area contributed by atoms with Crippen molar-refractivity contribution in [1.29, 1.82) is 0 Å². The third kappa shape index (κ3) is 2.74. The zero-order valence-electron chi connectivity index (χ0n) is 12.1. The quantitative estimate of drug-likeness (QED) is 0.544. The van der Waals surface area contributed by atoms with Crippen LogP contribution < -0.4 is 0 Å². The van der Waals surface area contributed by atoms with E-state index < -0.39 is 0 Å². The molecular formula is C17H15N3O2. The normalized spacial score (nSPS) is 10.6. The van der Waals surface area contributed by atoms with Crippen LogP contribution in [0.4, 0.5) is 5.69 Å². The minimum absolute atomic E-state index is 0.0833. The largest absolute Gasteiger partial charge is 0.303 e. The number of nitro groups is 1. The smallest absolute Gasteiger partial charge is 0.271 e. The van der Waals surface area contributed by atoms with Crippen LogP contribution in [-0.2, 0) is 6.42 Å². The van der Waals surface area contributed by atoms with Gasteiger partial charge < -0.3 is 4.57 Å². The number of aromatic nitrogens is 2. The minimum atomic E-state index is -0.373. The Kier molecular flexibility index (Phi) is 3.70. The maximum Gasteiger partial charge on any atom is 0.271 e. The van der Waals surface area contributed by atoms with Crippen molar-refractivity contribution in [2.24, 2.45) is 0 Å². The van der Waals surface area contributed by atoms with Crippen LogP contribution in [0.3, 0.4) is 0 Å². The summed E-state index contributed by atoms with van der Waals surface area (Å²) >= 11 is 0. The summed E-state index contributed by atoms with van der Waals surface area (Å²) in [5.74, 6) is 0. The predicted molar refractivity (Wildman–Crippen MR) is 84.2 cm³/mol. The molecule has 0 aliphatic heterocycles. The van der Waals surface area contributed by atoms with Crippen LogP contribution in [0.5, 0.6) is 0 Å². The summed E-state index contributed by atoms with van der Waals surface area (Å²) in [5, 5.41) is 11.1. The Bertz CT molecular complexity index is 810. The second-order valence-corrected chi connectivity index (χ2v) is 5.14. The van der Waals surface area contributed by atoms with Crippen molar-refractivity contribution in [2.45, 2.75) is 13.3 Å². The molecule has 110 valence electrons. The van der Waals surface area contributed by atoms with Gasteiger partial charge in [0.1, 0.15) is 0 Å². The highest BCUT2D eigenvalue weighted by molar-refractivity contribution is 5.51. The first kappa shape index (κ1) is 14.0. The van der Waals surface area contributed by atoms with Crippen LogP contribution in [0.2, 0.25) is 0 Å². The summed E-state index contributed by atoms with van der Waals surface area (Å²) in [5.41, 5.74) is 4.01. The highest BCUT2D eigenvalue weighted by atomic mass is 16.6. The number of hydrogen-bond acceptors (Lipinski definition) is 3. The third-order valence-corrected chi connectivity index (χ3v) is 3.60. The van der Waals surface area contributed by atoms with E-state index in [1.807, 2.05) is 47.9 Å². The average Bonchev–Trinajstić information content (AvgIpc) is 2.94. The van der Waals surface area contributed by atoms with Gasteiger partial charge in [0.15, 0.2) is 0 Å². The molecule has 3 aromatic rings. The van der Waals surface area contributed by atoms with Crippen LogP contribution in [0.15, 0.2) is 61.1 Å². The number of imidazole rings is 1. The lowest BCUT2D eigenvalue weighted by Gasteiger charge is -2.12. The van der Waals surface area contributed by atoms with Gasteiger partial charge in [-0.25, -0.2) is 4.98 Å². The number of nitro benzene ring substituents is 1. The standard InChI is InChI=1S/C17H15N3O2/c1-13-11-18-12-19(13)17-10-16(20(21)22)8-7-15(17)9-14-5-3-2-4-6-14/h2-8,10-12H,9H2,1H3. The maximum atomic E-state index is 11.1. The average molecular weight is 293 g/mol. The van der Waals surface area contributed by atoms with E-state index in [9.17, 15) is 10.1 Å². The topological polar surface area (TPSA) is 61.0 Å². The SMILES string of the molecule is Cc1cncn1-c1cc([N+](=O)[O-])ccc1Cc1ccccc1. The molecule has 1 heterocycles. The van der Waals surface area contributed by atoms with E-state index in [1.54, 1.807) is 24.7 Å². The van der Waals surface area contributed by atoms with E-state index in [1.165, 1.54) is 0 Å². The summed E-state index contributed by atoms with van der Waals surface area (Å²) in [7, 11) is 0. The molecule has 0 aliphatic carbocycles. The van der Waals surface area contributed by atoms with Crippen molar-refractivity contribution in [2.75, 3.05) is 0 Å². The fourth-order valence-corrected chi connectivity index (χ4v) is 2.47. The number of aryl methyl sites for hydroxylation is 1. The van der Waals surface area contributed by atoms with Crippen LogP contribution in [-0.4, -0.2) is 14.5 Å². The minimum Gasteiger partial charge on any atom is -0.303 e. The number of nitrogens with zero attached hydrogens (tertiary/aromatic N) is 3. The maximum absolute atomic E-state index is 11.1. The van der Waals surface area contributed by atoms with Crippen molar-refractivity contribution >= 4 is 5.69 Å². The lowest BCUT2D eigenvalue weighted by atomic mass is 10.0. The van der Waals surface area contributed by atoms with Gasteiger partial charge in [0.2, 0.25) is 0 Å². The molecule has 5 heteroatoms. The fraction of sp³-hybridized carbons (Fsp3) is 0.118. The lowest BCUT2D eigenvalue weighted by molar-refractivity contribution is -0.384. The lowest BCUT2D eigenvalue weighted by Crippen LogP contribution is -2.02.